The predicted octanol–water partition coefficient (Wildman–Crippen LogP) is 4.63. The summed E-state index contributed by atoms with van der Waals surface area (Å²) in [5.74, 6) is -1.49. The lowest BCUT2D eigenvalue weighted by Gasteiger charge is -2.11. The normalized spacial score (nSPS) is 11.0. The number of hydrogen-bond donors (Lipinski definition) is 1. The number of ether oxygens (including phenoxy) is 1. The zero-order chi connectivity index (χ0) is 15.1. The van der Waals surface area contributed by atoms with Crippen LogP contribution in [0.3, 0.4) is 0 Å². The quantitative estimate of drug-likeness (QED) is 0.696. The van der Waals surface area contributed by atoms with Gasteiger partial charge in [0.25, 0.3) is 0 Å². The number of nitrogens with one attached hydrogen (secondary N) is 1. The van der Waals surface area contributed by atoms with Gasteiger partial charge in [-0.1, -0.05) is 11.6 Å². The molecule has 0 aliphatic rings. The van der Waals surface area contributed by atoms with E-state index in [2.05, 4.69) is 4.98 Å². The minimum atomic E-state index is -0.984. The molecule has 0 amide bonds. The second kappa shape index (κ2) is 5.13. The summed E-state index contributed by atoms with van der Waals surface area (Å²) in [6, 6.07) is 7.32. The molecule has 0 fully saturated rings. The Morgan fingerprint density at radius 1 is 1.24 bits per heavy atom. The molecule has 2 aromatic carbocycles. The molecule has 1 N–H and O–H groups in total. The monoisotopic (exact) mass is 326 g/mol. The molecule has 1 heterocycles. The molecule has 21 heavy (non-hydrogen) atoms. The van der Waals surface area contributed by atoms with Gasteiger partial charge >= 0.3 is 0 Å². The third-order valence-electron chi connectivity index (χ3n) is 3.12. The Hall–Kier alpha value is -1.92. The van der Waals surface area contributed by atoms with Crippen LogP contribution in [0.25, 0.3) is 16.7 Å². The number of hydrogen-bond acceptors (Lipinski definition) is 2. The highest BCUT2D eigenvalue weighted by atomic mass is 35.5. The van der Waals surface area contributed by atoms with E-state index in [-0.39, 0.29) is 10.3 Å². The molecule has 7 heteroatoms. The van der Waals surface area contributed by atoms with Crippen LogP contribution in [-0.2, 0) is 0 Å². The Morgan fingerprint density at radius 3 is 2.71 bits per heavy atom. The minimum Gasteiger partial charge on any atom is -0.495 e. The fraction of sp³-hybridized carbons (Fsp3) is 0.0714. The fourth-order valence-electron chi connectivity index (χ4n) is 2.20. The zero-order valence-electron chi connectivity index (χ0n) is 10.8. The van der Waals surface area contributed by atoms with Crippen LogP contribution in [0, 0.1) is 16.4 Å². The summed E-state index contributed by atoms with van der Waals surface area (Å²) in [7, 11) is 1.47. The second-order valence-electron chi connectivity index (χ2n) is 4.34. The maximum absolute atomic E-state index is 14.2. The van der Waals surface area contributed by atoms with Crippen molar-refractivity contribution in [1.29, 1.82) is 0 Å². The molecule has 3 rings (SSSR count). The van der Waals surface area contributed by atoms with Crippen molar-refractivity contribution in [2.75, 3.05) is 7.11 Å². The lowest BCUT2D eigenvalue weighted by molar-refractivity contribution is 0.413. The molecule has 0 saturated heterocycles. The molecule has 0 unspecified atom stereocenters. The molecule has 0 aliphatic heterocycles. The van der Waals surface area contributed by atoms with E-state index in [0.717, 1.165) is 6.07 Å². The van der Waals surface area contributed by atoms with Crippen LogP contribution >= 0.6 is 23.8 Å². The molecule has 0 bridgehead atoms. The van der Waals surface area contributed by atoms with Crippen LogP contribution in [0.1, 0.15) is 0 Å². The Balaban J connectivity index is 2.46. The van der Waals surface area contributed by atoms with Gasteiger partial charge in [0.15, 0.2) is 16.4 Å². The molecule has 108 valence electrons. The highest BCUT2D eigenvalue weighted by molar-refractivity contribution is 7.71. The van der Waals surface area contributed by atoms with Crippen LogP contribution in [0.4, 0.5) is 8.78 Å². The largest absolute Gasteiger partial charge is 0.495 e. The minimum absolute atomic E-state index is 0.0144. The standard InChI is InChI=1S/C14H9ClF2N2OS/c1-20-11-5-2-7(15)6-10(11)19-13-9(18-14(19)21)4-3-8(16)12(13)17/h2-6H,1H3,(H,18,21). The number of aromatic amines is 1. The Bertz CT molecular complexity index is 904. The Morgan fingerprint density at radius 2 is 2.00 bits per heavy atom. The molecule has 0 spiro atoms. The lowest BCUT2D eigenvalue weighted by atomic mass is 10.2. The number of halogens is 3. The summed E-state index contributed by atoms with van der Waals surface area (Å²) in [5.41, 5.74) is 0.840. The number of rotatable bonds is 2. The number of fused-ring (bicyclic) bond motifs is 1. The maximum Gasteiger partial charge on any atom is 0.184 e. The van der Waals surface area contributed by atoms with Gasteiger partial charge in [-0.3, -0.25) is 4.57 Å². The van der Waals surface area contributed by atoms with E-state index in [1.807, 2.05) is 0 Å². The van der Waals surface area contributed by atoms with Crippen LogP contribution < -0.4 is 4.74 Å². The number of imidazole rings is 1. The molecule has 3 nitrogen and oxygen atoms in total. The highest BCUT2D eigenvalue weighted by Crippen LogP contribution is 2.31. The number of methoxy groups -OCH3 is 1. The number of aromatic nitrogens is 2. The Labute approximate surface area is 128 Å². The highest BCUT2D eigenvalue weighted by Gasteiger charge is 2.17. The molecule has 3 aromatic rings. The van der Waals surface area contributed by atoms with E-state index < -0.39 is 11.6 Å². The Kier molecular flexibility index (Phi) is 3.43. The molecule has 0 saturated carbocycles. The van der Waals surface area contributed by atoms with Crippen molar-refractivity contribution in [1.82, 2.24) is 9.55 Å². The molecular weight excluding hydrogens is 318 g/mol. The van der Waals surface area contributed by atoms with Gasteiger partial charge in [-0.25, -0.2) is 8.78 Å². The average Bonchev–Trinajstić information content (AvgIpc) is 2.80. The summed E-state index contributed by atoms with van der Waals surface area (Å²) in [4.78, 5) is 2.84. The first-order chi connectivity index (χ1) is 10.0. The van der Waals surface area contributed by atoms with E-state index in [1.54, 1.807) is 18.2 Å². The van der Waals surface area contributed by atoms with Gasteiger partial charge in [0.05, 0.1) is 18.3 Å². The van der Waals surface area contributed by atoms with E-state index in [9.17, 15) is 8.78 Å². The molecule has 0 atom stereocenters. The van der Waals surface area contributed by atoms with Crippen LogP contribution in [0.2, 0.25) is 5.02 Å². The lowest BCUT2D eigenvalue weighted by Crippen LogP contribution is -2.00. The van der Waals surface area contributed by atoms with Crippen LogP contribution in [0.5, 0.6) is 5.75 Å². The van der Waals surface area contributed by atoms with Crippen molar-refractivity contribution < 1.29 is 13.5 Å². The summed E-state index contributed by atoms with van der Waals surface area (Å²) in [6.07, 6.45) is 0. The summed E-state index contributed by atoms with van der Waals surface area (Å²) in [5, 5.41) is 0.430. The number of H-pyrrole nitrogens is 1. The number of nitrogens with zero attached hydrogens (tertiary/aromatic N) is 1. The van der Waals surface area contributed by atoms with Gasteiger partial charge in [-0.2, -0.15) is 0 Å². The smallest absolute Gasteiger partial charge is 0.184 e. The molecule has 0 radical (unpaired) electrons. The van der Waals surface area contributed by atoms with Crippen molar-refractivity contribution >= 4 is 34.9 Å². The fourth-order valence-corrected chi connectivity index (χ4v) is 2.67. The maximum atomic E-state index is 14.2. The third-order valence-corrected chi connectivity index (χ3v) is 3.64. The van der Waals surface area contributed by atoms with Crippen molar-refractivity contribution in [2.45, 2.75) is 0 Å². The summed E-state index contributed by atoms with van der Waals surface area (Å²) in [6.45, 7) is 0. The van der Waals surface area contributed by atoms with Gasteiger partial charge in [0, 0.05) is 5.02 Å². The predicted molar refractivity (Wildman–Crippen MR) is 79.9 cm³/mol. The van der Waals surface area contributed by atoms with Gasteiger partial charge in [-0.05, 0) is 42.5 Å². The van der Waals surface area contributed by atoms with Crippen molar-refractivity contribution in [2.24, 2.45) is 0 Å². The van der Waals surface area contributed by atoms with E-state index >= 15 is 0 Å². The topological polar surface area (TPSA) is 29.9 Å². The van der Waals surface area contributed by atoms with Crippen molar-refractivity contribution in [3.63, 3.8) is 0 Å². The molecular formula is C14H9ClF2N2OS. The first-order valence-electron chi connectivity index (χ1n) is 5.95. The van der Waals surface area contributed by atoms with Gasteiger partial charge < -0.3 is 9.72 Å². The molecule has 1 aromatic heterocycles. The number of benzene rings is 2. The SMILES string of the molecule is COc1ccc(Cl)cc1-n1c(=S)[nH]c2ccc(F)c(F)c21. The van der Waals surface area contributed by atoms with Crippen molar-refractivity contribution in [3.8, 4) is 11.4 Å². The van der Waals surface area contributed by atoms with Crippen LogP contribution in [-0.4, -0.2) is 16.7 Å². The average molecular weight is 327 g/mol. The van der Waals surface area contributed by atoms with Crippen molar-refractivity contribution in [3.05, 3.63) is 51.8 Å². The third kappa shape index (κ3) is 2.20. The van der Waals surface area contributed by atoms with Gasteiger partial charge in [0.2, 0.25) is 0 Å². The van der Waals surface area contributed by atoms with Crippen LogP contribution in [0.15, 0.2) is 30.3 Å². The van der Waals surface area contributed by atoms with Gasteiger partial charge in [0.1, 0.15) is 11.3 Å². The van der Waals surface area contributed by atoms with Gasteiger partial charge in [-0.15, -0.1) is 0 Å². The first-order valence-corrected chi connectivity index (χ1v) is 6.74. The van der Waals surface area contributed by atoms with E-state index in [0.29, 0.717) is 22.0 Å². The van der Waals surface area contributed by atoms with E-state index in [1.165, 1.54) is 17.7 Å². The first kappa shape index (κ1) is 14.0. The second-order valence-corrected chi connectivity index (χ2v) is 5.16. The molecule has 0 aliphatic carbocycles. The van der Waals surface area contributed by atoms with E-state index in [4.69, 9.17) is 28.6 Å². The zero-order valence-corrected chi connectivity index (χ0v) is 12.4. The summed E-state index contributed by atoms with van der Waals surface area (Å²) < 4.78 is 34.5. The summed E-state index contributed by atoms with van der Waals surface area (Å²) >= 11 is 11.2.